The molecule has 2 aromatic rings. The molecule has 32 heavy (non-hydrogen) atoms. The summed E-state index contributed by atoms with van der Waals surface area (Å²) in [6.45, 7) is 0.994. The van der Waals surface area contributed by atoms with E-state index in [2.05, 4.69) is 0 Å². The molecule has 1 amide bonds. The molecular weight excluding hydrogens is 430 g/mol. The van der Waals surface area contributed by atoms with Crippen LogP contribution in [0, 0.1) is 5.92 Å². The van der Waals surface area contributed by atoms with Gasteiger partial charge in [0.2, 0.25) is 0 Å². The predicted molar refractivity (Wildman–Crippen MR) is 120 cm³/mol. The summed E-state index contributed by atoms with van der Waals surface area (Å²) >= 11 is 6.46. The molecular formula is C25H28ClNO5. The lowest BCUT2D eigenvalue weighted by Gasteiger charge is -2.43. The van der Waals surface area contributed by atoms with Gasteiger partial charge in [-0.15, -0.1) is 0 Å². The third kappa shape index (κ3) is 4.53. The average Bonchev–Trinajstić information content (AvgIpc) is 2.84. The zero-order valence-corrected chi connectivity index (χ0v) is 18.9. The number of rotatable bonds is 5. The smallest absolute Gasteiger partial charge is 0.410 e. The van der Waals surface area contributed by atoms with Crippen molar-refractivity contribution in [2.45, 2.75) is 37.5 Å². The van der Waals surface area contributed by atoms with Crippen LogP contribution in [0.25, 0.3) is 0 Å². The van der Waals surface area contributed by atoms with E-state index >= 15 is 0 Å². The Morgan fingerprint density at radius 1 is 1.09 bits per heavy atom. The summed E-state index contributed by atoms with van der Waals surface area (Å²) < 4.78 is 17.2. The van der Waals surface area contributed by atoms with Crippen LogP contribution in [0.5, 0.6) is 0 Å². The molecule has 0 unspecified atom stereocenters. The minimum absolute atomic E-state index is 0.00802. The highest BCUT2D eigenvalue weighted by Gasteiger charge is 2.48. The number of amides is 1. The Balaban J connectivity index is 1.40. The van der Waals surface area contributed by atoms with E-state index in [1.807, 2.05) is 48.5 Å². The van der Waals surface area contributed by atoms with Crippen LogP contribution in [-0.2, 0) is 24.5 Å². The van der Waals surface area contributed by atoms with Gasteiger partial charge >= 0.3 is 6.09 Å². The summed E-state index contributed by atoms with van der Waals surface area (Å²) in [4.78, 5) is 27.6. The SMILES string of the molecule is CN(C(=O)OCC1COC(c2ccccc2)OC1)[C@]1(c2ccccc2Cl)CCCCC1=O. The Bertz CT molecular complexity index is 944. The first-order chi connectivity index (χ1) is 15.5. The first kappa shape index (κ1) is 22.8. The summed E-state index contributed by atoms with van der Waals surface area (Å²) in [6.07, 6.45) is 1.62. The standard InChI is InChI=1S/C25H28ClNO5/c1-27(25(14-8-7-13-22(25)28)20-11-5-6-12-21(20)26)24(29)32-17-18-15-30-23(31-16-18)19-9-3-2-4-10-19/h2-6,9-12,18,23H,7-8,13-17H2,1H3/t18?,23?,25-/m0/s1. The van der Waals surface area contributed by atoms with Gasteiger partial charge < -0.3 is 14.2 Å². The maximum Gasteiger partial charge on any atom is 0.410 e. The van der Waals surface area contributed by atoms with E-state index in [9.17, 15) is 9.59 Å². The molecule has 1 aliphatic heterocycles. The number of hydrogen-bond donors (Lipinski definition) is 0. The topological polar surface area (TPSA) is 65.1 Å². The molecule has 2 aliphatic rings. The number of nitrogens with zero attached hydrogens (tertiary/aromatic N) is 1. The van der Waals surface area contributed by atoms with Crippen molar-refractivity contribution < 1.29 is 23.8 Å². The average molecular weight is 458 g/mol. The molecule has 0 aromatic heterocycles. The zero-order valence-electron chi connectivity index (χ0n) is 18.2. The number of benzene rings is 2. The monoisotopic (exact) mass is 457 g/mol. The highest BCUT2D eigenvalue weighted by molar-refractivity contribution is 6.31. The minimum atomic E-state index is -1.11. The summed E-state index contributed by atoms with van der Waals surface area (Å²) in [5, 5.41) is 0.475. The molecule has 0 N–H and O–H groups in total. The number of halogens is 1. The molecule has 0 bridgehead atoms. The Hall–Kier alpha value is -2.41. The summed E-state index contributed by atoms with van der Waals surface area (Å²) in [5.41, 5.74) is 0.507. The number of Topliss-reactive ketones (excluding diaryl/α,β-unsaturated/α-hetero) is 1. The first-order valence-corrected chi connectivity index (χ1v) is 11.4. The van der Waals surface area contributed by atoms with Crippen molar-refractivity contribution in [1.29, 1.82) is 0 Å². The number of likely N-dealkylation sites (N-methyl/N-ethyl adjacent to an activating group) is 1. The van der Waals surface area contributed by atoms with Crippen LogP contribution in [0.4, 0.5) is 4.79 Å². The van der Waals surface area contributed by atoms with E-state index in [0.29, 0.717) is 36.6 Å². The van der Waals surface area contributed by atoms with Crippen LogP contribution in [-0.4, -0.2) is 43.6 Å². The third-order valence-electron chi connectivity index (χ3n) is 6.30. The Labute approximate surface area is 193 Å². The van der Waals surface area contributed by atoms with Crippen molar-refractivity contribution in [2.24, 2.45) is 5.92 Å². The number of carbonyl (C=O) groups is 2. The molecule has 1 saturated carbocycles. The summed E-state index contributed by atoms with van der Waals surface area (Å²) in [6, 6.07) is 16.9. The lowest BCUT2D eigenvalue weighted by molar-refractivity contribution is -0.210. The normalized spacial score (nSPS) is 25.9. The fraction of sp³-hybridized carbons (Fsp3) is 0.440. The lowest BCUT2D eigenvalue weighted by Crippen LogP contribution is -2.54. The largest absolute Gasteiger partial charge is 0.449 e. The van der Waals surface area contributed by atoms with Crippen molar-refractivity contribution in [1.82, 2.24) is 4.90 Å². The molecule has 7 heteroatoms. The second-order valence-corrected chi connectivity index (χ2v) is 8.79. The van der Waals surface area contributed by atoms with Crippen molar-refractivity contribution in [3.63, 3.8) is 0 Å². The van der Waals surface area contributed by atoms with Crippen molar-refractivity contribution in [2.75, 3.05) is 26.9 Å². The van der Waals surface area contributed by atoms with E-state index < -0.39 is 17.9 Å². The predicted octanol–water partition coefficient (Wildman–Crippen LogP) is 5.11. The summed E-state index contributed by atoms with van der Waals surface area (Å²) in [7, 11) is 1.62. The van der Waals surface area contributed by atoms with E-state index in [0.717, 1.165) is 18.4 Å². The van der Waals surface area contributed by atoms with Crippen LogP contribution in [0.1, 0.15) is 43.1 Å². The second kappa shape index (κ2) is 10.0. The molecule has 0 spiro atoms. The van der Waals surface area contributed by atoms with Crippen LogP contribution < -0.4 is 0 Å². The maximum atomic E-state index is 13.1. The quantitative estimate of drug-likeness (QED) is 0.624. The van der Waals surface area contributed by atoms with Gasteiger partial charge in [0.1, 0.15) is 12.1 Å². The van der Waals surface area contributed by atoms with Gasteiger partial charge in [-0.2, -0.15) is 0 Å². The van der Waals surface area contributed by atoms with Gasteiger partial charge in [-0.05, 0) is 25.3 Å². The maximum absolute atomic E-state index is 13.1. The third-order valence-corrected chi connectivity index (χ3v) is 6.63. The molecule has 1 saturated heterocycles. The lowest BCUT2D eigenvalue weighted by atomic mass is 9.74. The van der Waals surface area contributed by atoms with Crippen LogP contribution in [0.15, 0.2) is 54.6 Å². The molecule has 6 nitrogen and oxygen atoms in total. The number of ether oxygens (including phenoxy) is 3. The minimum Gasteiger partial charge on any atom is -0.449 e. The van der Waals surface area contributed by atoms with Gasteiger partial charge in [0.05, 0.1) is 13.2 Å². The Kier molecular flexibility index (Phi) is 7.13. The molecule has 2 aromatic carbocycles. The number of ketones is 1. The molecule has 1 atom stereocenters. The first-order valence-electron chi connectivity index (χ1n) is 11.0. The van der Waals surface area contributed by atoms with Crippen molar-refractivity contribution >= 4 is 23.5 Å². The van der Waals surface area contributed by atoms with Crippen LogP contribution in [0.2, 0.25) is 5.02 Å². The van der Waals surface area contributed by atoms with Gasteiger partial charge in [-0.25, -0.2) is 4.79 Å². The van der Waals surface area contributed by atoms with E-state index in [1.165, 1.54) is 4.90 Å². The molecule has 170 valence electrons. The highest BCUT2D eigenvalue weighted by atomic mass is 35.5. The van der Waals surface area contributed by atoms with Gasteiger partial charge in [0.15, 0.2) is 12.1 Å². The molecule has 4 rings (SSSR count). The van der Waals surface area contributed by atoms with Crippen LogP contribution in [0.3, 0.4) is 0 Å². The molecule has 0 radical (unpaired) electrons. The molecule has 1 aliphatic carbocycles. The fourth-order valence-corrected chi connectivity index (χ4v) is 4.81. The second-order valence-electron chi connectivity index (χ2n) is 8.38. The number of carbonyl (C=O) groups excluding carboxylic acids is 2. The zero-order chi connectivity index (χ0) is 22.6. The number of hydrogen-bond acceptors (Lipinski definition) is 5. The van der Waals surface area contributed by atoms with E-state index in [4.69, 9.17) is 25.8 Å². The molecule has 2 fully saturated rings. The van der Waals surface area contributed by atoms with Gasteiger partial charge in [0, 0.05) is 35.5 Å². The van der Waals surface area contributed by atoms with E-state index in [1.54, 1.807) is 13.1 Å². The fourth-order valence-electron chi connectivity index (χ4n) is 4.51. The van der Waals surface area contributed by atoms with Gasteiger partial charge in [-0.1, -0.05) is 60.1 Å². The molecule has 1 heterocycles. The Morgan fingerprint density at radius 2 is 1.78 bits per heavy atom. The van der Waals surface area contributed by atoms with Crippen LogP contribution >= 0.6 is 11.6 Å². The Morgan fingerprint density at radius 3 is 2.47 bits per heavy atom. The van der Waals surface area contributed by atoms with E-state index in [-0.39, 0.29) is 18.3 Å². The van der Waals surface area contributed by atoms with Crippen molar-refractivity contribution in [3.8, 4) is 0 Å². The van der Waals surface area contributed by atoms with Gasteiger partial charge in [-0.3, -0.25) is 9.69 Å². The van der Waals surface area contributed by atoms with Crippen molar-refractivity contribution in [3.05, 3.63) is 70.7 Å². The summed E-state index contributed by atoms with van der Waals surface area (Å²) in [5.74, 6) is -0.0861. The highest BCUT2D eigenvalue weighted by Crippen LogP contribution is 2.42. The van der Waals surface area contributed by atoms with Gasteiger partial charge in [0.25, 0.3) is 0 Å².